The van der Waals surface area contributed by atoms with Crippen molar-refractivity contribution in [3.8, 4) is 17.1 Å². The molecule has 1 saturated heterocycles. The molecule has 10 heteroatoms. The van der Waals surface area contributed by atoms with Gasteiger partial charge >= 0.3 is 6.36 Å². The third-order valence-corrected chi connectivity index (χ3v) is 7.17. The number of fused-ring (bicyclic) bond motifs is 1. The van der Waals surface area contributed by atoms with Crippen molar-refractivity contribution in [2.75, 3.05) is 44.2 Å². The molecular formula is C31H30F3N3O4. The molecule has 0 saturated carbocycles. The lowest BCUT2D eigenvalue weighted by Crippen LogP contribution is -2.47. The van der Waals surface area contributed by atoms with Crippen LogP contribution in [-0.2, 0) is 0 Å². The molecule has 1 aliphatic heterocycles. The maximum Gasteiger partial charge on any atom is 0.573 e. The average Bonchev–Trinajstić information content (AvgIpc) is 2.97. The maximum atomic E-state index is 13.1. The molecule has 214 valence electrons. The zero-order valence-corrected chi connectivity index (χ0v) is 22.5. The molecule has 1 fully saturated rings. The number of benzene rings is 3. The number of carbonyl (C=O) groups is 1. The van der Waals surface area contributed by atoms with Crippen molar-refractivity contribution in [1.29, 1.82) is 0 Å². The molecule has 7 nitrogen and oxygen atoms in total. The summed E-state index contributed by atoms with van der Waals surface area (Å²) in [6, 6.07) is 20.5. The lowest BCUT2D eigenvalue weighted by atomic mass is 10.0. The molecule has 0 radical (unpaired) electrons. The lowest BCUT2D eigenvalue weighted by molar-refractivity contribution is -0.274. The summed E-state index contributed by atoms with van der Waals surface area (Å²) in [5.41, 5.74) is 2.04. The standard InChI is InChI=1S/C31H30F3N3O4/c1-21-27(38)23-11-7-12-24(29(23)40-28(21)22-9-3-2-4-10-22)30(39)35-15-8-16-36-17-19-37(20-18-36)25-13-5-6-14-26(25)41-31(32,33)34/h2-7,9-14H,8,15-20H2,1H3,(H,35,39). The number of ether oxygens (including phenoxy) is 1. The van der Waals surface area contributed by atoms with E-state index in [4.69, 9.17) is 4.42 Å². The number of alkyl halides is 3. The van der Waals surface area contributed by atoms with Crippen LogP contribution in [0.4, 0.5) is 18.9 Å². The first-order valence-corrected chi connectivity index (χ1v) is 13.4. The van der Waals surface area contributed by atoms with E-state index in [1.807, 2.05) is 35.2 Å². The van der Waals surface area contributed by atoms with Crippen LogP contribution in [-0.4, -0.2) is 56.4 Å². The van der Waals surface area contributed by atoms with Gasteiger partial charge in [-0.2, -0.15) is 0 Å². The van der Waals surface area contributed by atoms with Gasteiger partial charge in [-0.1, -0.05) is 48.5 Å². The number of rotatable bonds is 8. The molecule has 1 aliphatic rings. The van der Waals surface area contributed by atoms with E-state index in [1.54, 1.807) is 37.3 Å². The molecule has 0 unspecified atom stereocenters. The second kappa shape index (κ2) is 12.1. The highest BCUT2D eigenvalue weighted by Gasteiger charge is 2.33. The van der Waals surface area contributed by atoms with Crippen LogP contribution in [0.15, 0.2) is 82.0 Å². The smallest absolute Gasteiger partial charge is 0.455 e. The number of anilines is 1. The number of nitrogens with one attached hydrogen (secondary N) is 1. The number of nitrogens with zero attached hydrogens (tertiary/aromatic N) is 2. The fourth-order valence-corrected chi connectivity index (χ4v) is 5.09. The van der Waals surface area contributed by atoms with E-state index in [2.05, 4.69) is 15.0 Å². The second-order valence-electron chi connectivity index (χ2n) is 9.89. The number of para-hydroxylation sites is 3. The Labute approximate surface area is 235 Å². The van der Waals surface area contributed by atoms with Gasteiger partial charge in [-0.05, 0) is 44.2 Å². The van der Waals surface area contributed by atoms with Crippen molar-refractivity contribution < 1.29 is 27.1 Å². The molecule has 4 aromatic rings. The van der Waals surface area contributed by atoms with E-state index < -0.39 is 6.36 Å². The Morgan fingerprint density at radius 2 is 1.66 bits per heavy atom. The largest absolute Gasteiger partial charge is 0.573 e. The summed E-state index contributed by atoms with van der Waals surface area (Å²) in [5, 5.41) is 3.28. The van der Waals surface area contributed by atoms with E-state index in [1.165, 1.54) is 12.1 Å². The Morgan fingerprint density at radius 1 is 0.951 bits per heavy atom. The van der Waals surface area contributed by atoms with E-state index in [9.17, 15) is 22.8 Å². The predicted octanol–water partition coefficient (Wildman–Crippen LogP) is 5.61. The highest BCUT2D eigenvalue weighted by Crippen LogP contribution is 2.33. The molecule has 0 atom stereocenters. The Hall–Kier alpha value is -4.31. The zero-order chi connectivity index (χ0) is 29.0. The summed E-state index contributed by atoms with van der Waals surface area (Å²) >= 11 is 0. The van der Waals surface area contributed by atoms with E-state index in [0.29, 0.717) is 67.1 Å². The number of amides is 1. The molecule has 1 N–H and O–H groups in total. The Morgan fingerprint density at radius 3 is 2.39 bits per heavy atom. The van der Waals surface area contributed by atoms with Crippen LogP contribution in [0.25, 0.3) is 22.3 Å². The number of carbonyl (C=O) groups excluding carboxylic acids is 1. The zero-order valence-electron chi connectivity index (χ0n) is 22.5. The third-order valence-electron chi connectivity index (χ3n) is 7.17. The molecule has 0 spiro atoms. The Kier molecular flexibility index (Phi) is 8.30. The SMILES string of the molecule is Cc1c(-c2ccccc2)oc2c(C(=O)NCCCN3CCN(c4ccccc4OC(F)(F)F)CC3)cccc2c1=O. The van der Waals surface area contributed by atoms with Gasteiger partial charge in [0.25, 0.3) is 5.91 Å². The van der Waals surface area contributed by atoms with Crippen molar-refractivity contribution in [2.45, 2.75) is 19.7 Å². The highest BCUT2D eigenvalue weighted by molar-refractivity contribution is 6.05. The number of hydrogen-bond donors (Lipinski definition) is 1. The first-order valence-electron chi connectivity index (χ1n) is 13.4. The van der Waals surface area contributed by atoms with Gasteiger partial charge in [0.15, 0.2) is 16.8 Å². The summed E-state index contributed by atoms with van der Waals surface area (Å²) in [5.74, 6) is -0.0886. The quantitative estimate of drug-likeness (QED) is 0.280. The molecule has 2 heterocycles. The third kappa shape index (κ3) is 6.54. The summed E-state index contributed by atoms with van der Waals surface area (Å²) in [7, 11) is 0. The van der Waals surface area contributed by atoms with Gasteiger partial charge in [-0.25, -0.2) is 0 Å². The van der Waals surface area contributed by atoms with Gasteiger partial charge in [-0.3, -0.25) is 14.5 Å². The van der Waals surface area contributed by atoms with Crippen molar-refractivity contribution in [3.63, 3.8) is 0 Å². The van der Waals surface area contributed by atoms with Crippen LogP contribution >= 0.6 is 0 Å². The van der Waals surface area contributed by atoms with Crippen LogP contribution in [0.2, 0.25) is 0 Å². The number of halogens is 3. The lowest BCUT2D eigenvalue weighted by Gasteiger charge is -2.36. The van der Waals surface area contributed by atoms with Gasteiger partial charge < -0.3 is 19.4 Å². The van der Waals surface area contributed by atoms with Gasteiger partial charge in [-0.15, -0.1) is 13.2 Å². The first-order chi connectivity index (χ1) is 19.7. The van der Waals surface area contributed by atoms with Crippen molar-refractivity contribution in [1.82, 2.24) is 10.2 Å². The minimum Gasteiger partial charge on any atom is -0.455 e. The van der Waals surface area contributed by atoms with Crippen molar-refractivity contribution >= 4 is 22.6 Å². The second-order valence-corrected chi connectivity index (χ2v) is 9.89. The Bertz CT molecular complexity index is 1580. The minimum absolute atomic E-state index is 0.175. The maximum absolute atomic E-state index is 13.1. The topological polar surface area (TPSA) is 75.0 Å². The summed E-state index contributed by atoms with van der Waals surface area (Å²) in [4.78, 5) is 30.3. The Balaban J connectivity index is 1.17. The molecule has 0 bridgehead atoms. The van der Waals surface area contributed by atoms with Gasteiger partial charge in [0.1, 0.15) is 5.76 Å². The molecule has 0 aliphatic carbocycles. The fourth-order valence-electron chi connectivity index (χ4n) is 5.09. The monoisotopic (exact) mass is 565 g/mol. The van der Waals surface area contributed by atoms with Crippen LogP contribution in [0.1, 0.15) is 22.3 Å². The molecule has 41 heavy (non-hydrogen) atoms. The fraction of sp³-hybridized carbons (Fsp3) is 0.290. The van der Waals surface area contributed by atoms with Crippen LogP contribution in [0.3, 0.4) is 0 Å². The van der Waals surface area contributed by atoms with E-state index >= 15 is 0 Å². The van der Waals surface area contributed by atoms with Gasteiger partial charge in [0.05, 0.1) is 16.6 Å². The number of hydrogen-bond acceptors (Lipinski definition) is 6. The van der Waals surface area contributed by atoms with E-state index in [0.717, 1.165) is 12.1 Å². The minimum atomic E-state index is -4.75. The molecule has 1 aromatic heterocycles. The van der Waals surface area contributed by atoms with E-state index in [-0.39, 0.29) is 22.7 Å². The summed E-state index contributed by atoms with van der Waals surface area (Å²) in [6.07, 6.45) is -4.06. The molecule has 1 amide bonds. The molecular weight excluding hydrogens is 535 g/mol. The predicted molar refractivity (Wildman–Crippen MR) is 151 cm³/mol. The molecule has 5 rings (SSSR count). The van der Waals surface area contributed by atoms with Crippen LogP contribution in [0, 0.1) is 6.92 Å². The van der Waals surface area contributed by atoms with Gasteiger partial charge in [0.2, 0.25) is 0 Å². The van der Waals surface area contributed by atoms with Crippen molar-refractivity contribution in [2.24, 2.45) is 0 Å². The van der Waals surface area contributed by atoms with Crippen LogP contribution < -0.4 is 20.4 Å². The average molecular weight is 566 g/mol. The first kappa shape index (κ1) is 28.2. The van der Waals surface area contributed by atoms with Crippen molar-refractivity contribution in [3.05, 3.63) is 94.1 Å². The summed E-state index contributed by atoms with van der Waals surface area (Å²) in [6.45, 7) is 5.31. The normalized spacial score (nSPS) is 14.3. The highest BCUT2D eigenvalue weighted by atomic mass is 19.4. The summed E-state index contributed by atoms with van der Waals surface area (Å²) < 4.78 is 48.7. The van der Waals surface area contributed by atoms with Gasteiger partial charge in [0, 0.05) is 43.9 Å². The molecule has 3 aromatic carbocycles. The number of piperazine rings is 1. The van der Waals surface area contributed by atoms with Crippen LogP contribution in [0.5, 0.6) is 5.75 Å².